The summed E-state index contributed by atoms with van der Waals surface area (Å²) in [6, 6.07) is 5.80. The summed E-state index contributed by atoms with van der Waals surface area (Å²) in [6.07, 6.45) is 0. The van der Waals surface area contributed by atoms with E-state index in [1.807, 2.05) is 25.1 Å². The maximum absolute atomic E-state index is 6.04. The third kappa shape index (κ3) is 2.63. The van der Waals surface area contributed by atoms with E-state index in [9.17, 15) is 0 Å². The summed E-state index contributed by atoms with van der Waals surface area (Å²) in [4.78, 5) is 0. The molecule has 0 saturated carbocycles. The minimum Gasteiger partial charge on any atom is -0.494 e. The van der Waals surface area contributed by atoms with Crippen molar-refractivity contribution in [2.75, 3.05) is 6.61 Å². The molecule has 1 rings (SSSR count). The highest BCUT2D eigenvalue weighted by atomic mass is 35.5. The van der Waals surface area contributed by atoms with Gasteiger partial charge in [0.25, 0.3) is 0 Å². The van der Waals surface area contributed by atoms with Gasteiger partial charge in [-0.3, -0.25) is 0 Å². The number of ether oxygens (including phenoxy) is 1. The molecule has 0 bridgehead atoms. The maximum Gasteiger partial charge on any atom is 0.119 e. The molecule has 0 spiro atoms. The lowest BCUT2D eigenvalue weighted by Gasteiger charge is -2.10. The Morgan fingerprint density at radius 2 is 2.08 bits per heavy atom. The zero-order valence-electron chi connectivity index (χ0n) is 8.30. The lowest BCUT2D eigenvalue weighted by Crippen LogP contribution is -1.94. The van der Waals surface area contributed by atoms with Crippen molar-refractivity contribution >= 4 is 11.6 Å². The second-order valence-electron chi connectivity index (χ2n) is 3.27. The SMILES string of the molecule is CCOc1ccc(Cl)c(C(C)C)c1. The molecule has 0 heterocycles. The van der Waals surface area contributed by atoms with Crippen molar-refractivity contribution in [3.05, 3.63) is 28.8 Å². The Hall–Kier alpha value is -0.690. The molecule has 13 heavy (non-hydrogen) atoms. The molecule has 0 amide bonds. The fourth-order valence-electron chi connectivity index (χ4n) is 1.22. The first-order valence-electron chi connectivity index (χ1n) is 4.57. The third-order valence-electron chi connectivity index (χ3n) is 1.90. The van der Waals surface area contributed by atoms with Crippen LogP contribution in [0.5, 0.6) is 5.75 Å². The van der Waals surface area contributed by atoms with Gasteiger partial charge in [-0.1, -0.05) is 25.4 Å². The van der Waals surface area contributed by atoms with Gasteiger partial charge in [-0.15, -0.1) is 0 Å². The van der Waals surface area contributed by atoms with E-state index in [1.165, 1.54) is 0 Å². The number of halogens is 1. The van der Waals surface area contributed by atoms with Crippen molar-refractivity contribution in [1.29, 1.82) is 0 Å². The van der Waals surface area contributed by atoms with Crippen LogP contribution in [0.15, 0.2) is 18.2 Å². The van der Waals surface area contributed by atoms with Crippen molar-refractivity contribution in [2.24, 2.45) is 0 Å². The third-order valence-corrected chi connectivity index (χ3v) is 2.24. The summed E-state index contributed by atoms with van der Waals surface area (Å²) < 4.78 is 5.39. The average molecular weight is 199 g/mol. The summed E-state index contributed by atoms with van der Waals surface area (Å²) in [5.41, 5.74) is 1.15. The lowest BCUT2D eigenvalue weighted by atomic mass is 10.0. The molecule has 0 unspecified atom stereocenters. The Balaban J connectivity index is 2.97. The van der Waals surface area contributed by atoms with Crippen LogP contribution < -0.4 is 4.74 Å². The Morgan fingerprint density at radius 1 is 1.38 bits per heavy atom. The van der Waals surface area contributed by atoms with Gasteiger partial charge in [0, 0.05) is 5.02 Å². The number of rotatable bonds is 3. The molecule has 0 aromatic heterocycles. The van der Waals surface area contributed by atoms with E-state index < -0.39 is 0 Å². The van der Waals surface area contributed by atoms with Crippen molar-refractivity contribution in [2.45, 2.75) is 26.7 Å². The van der Waals surface area contributed by atoms with Crippen LogP contribution in [0, 0.1) is 0 Å². The molecule has 0 fully saturated rings. The highest BCUT2D eigenvalue weighted by Gasteiger charge is 2.05. The molecular formula is C11H15ClO. The summed E-state index contributed by atoms with van der Waals surface area (Å²) in [7, 11) is 0. The summed E-state index contributed by atoms with van der Waals surface area (Å²) >= 11 is 6.04. The zero-order valence-corrected chi connectivity index (χ0v) is 9.06. The van der Waals surface area contributed by atoms with Gasteiger partial charge in [-0.2, -0.15) is 0 Å². The van der Waals surface area contributed by atoms with Gasteiger partial charge in [0.1, 0.15) is 5.75 Å². The van der Waals surface area contributed by atoms with E-state index in [-0.39, 0.29) is 0 Å². The summed E-state index contributed by atoms with van der Waals surface area (Å²) in [6.45, 7) is 6.91. The van der Waals surface area contributed by atoms with Crippen LogP contribution in [0.1, 0.15) is 32.3 Å². The van der Waals surface area contributed by atoms with Crippen LogP contribution in [0.4, 0.5) is 0 Å². The topological polar surface area (TPSA) is 9.23 Å². The van der Waals surface area contributed by atoms with Crippen LogP contribution in [0.2, 0.25) is 5.02 Å². The fraction of sp³-hybridized carbons (Fsp3) is 0.455. The predicted molar refractivity (Wildman–Crippen MR) is 56.7 cm³/mol. The molecule has 0 aliphatic carbocycles. The molecule has 1 nitrogen and oxygen atoms in total. The van der Waals surface area contributed by atoms with Crippen molar-refractivity contribution in [1.82, 2.24) is 0 Å². The smallest absolute Gasteiger partial charge is 0.119 e. The minimum atomic E-state index is 0.438. The average Bonchev–Trinajstić information content (AvgIpc) is 2.08. The van der Waals surface area contributed by atoms with E-state index in [0.29, 0.717) is 12.5 Å². The van der Waals surface area contributed by atoms with Gasteiger partial charge < -0.3 is 4.74 Å². The Bertz CT molecular complexity index is 281. The maximum atomic E-state index is 6.04. The second-order valence-corrected chi connectivity index (χ2v) is 3.68. The quantitative estimate of drug-likeness (QED) is 0.717. The largest absolute Gasteiger partial charge is 0.494 e. The van der Waals surface area contributed by atoms with Crippen molar-refractivity contribution < 1.29 is 4.74 Å². The van der Waals surface area contributed by atoms with Crippen LogP contribution in [0.25, 0.3) is 0 Å². The van der Waals surface area contributed by atoms with Gasteiger partial charge >= 0.3 is 0 Å². The highest BCUT2D eigenvalue weighted by Crippen LogP contribution is 2.28. The van der Waals surface area contributed by atoms with Gasteiger partial charge in [-0.25, -0.2) is 0 Å². The molecule has 1 aromatic rings. The standard InChI is InChI=1S/C11H15ClO/c1-4-13-9-5-6-11(12)10(7-9)8(2)3/h5-8H,4H2,1-3H3. The lowest BCUT2D eigenvalue weighted by molar-refractivity contribution is 0.340. The molecule has 2 heteroatoms. The molecule has 72 valence electrons. The first kappa shape index (κ1) is 10.4. The highest BCUT2D eigenvalue weighted by molar-refractivity contribution is 6.31. The monoisotopic (exact) mass is 198 g/mol. The number of hydrogen-bond acceptors (Lipinski definition) is 1. The first-order chi connectivity index (χ1) is 6.15. The Morgan fingerprint density at radius 3 is 2.62 bits per heavy atom. The summed E-state index contributed by atoms with van der Waals surface area (Å²) in [5, 5.41) is 0.818. The first-order valence-corrected chi connectivity index (χ1v) is 4.95. The van der Waals surface area contributed by atoms with Gasteiger partial charge in [0.2, 0.25) is 0 Å². The normalized spacial score (nSPS) is 10.5. The van der Waals surface area contributed by atoms with E-state index >= 15 is 0 Å². The predicted octanol–water partition coefficient (Wildman–Crippen LogP) is 3.86. The van der Waals surface area contributed by atoms with Gasteiger partial charge in [0.05, 0.1) is 6.61 Å². The van der Waals surface area contributed by atoms with Crippen molar-refractivity contribution in [3.63, 3.8) is 0 Å². The Labute approximate surface area is 84.7 Å². The summed E-state index contributed by atoms with van der Waals surface area (Å²) in [5.74, 6) is 1.34. The van der Waals surface area contributed by atoms with Crippen LogP contribution >= 0.6 is 11.6 Å². The molecule has 0 saturated heterocycles. The van der Waals surface area contributed by atoms with Crippen molar-refractivity contribution in [3.8, 4) is 5.75 Å². The molecule has 0 radical (unpaired) electrons. The van der Waals surface area contributed by atoms with E-state index in [2.05, 4.69) is 13.8 Å². The van der Waals surface area contributed by atoms with Gasteiger partial charge in [-0.05, 0) is 36.6 Å². The van der Waals surface area contributed by atoms with Gasteiger partial charge in [0.15, 0.2) is 0 Å². The van der Waals surface area contributed by atoms with E-state index in [0.717, 1.165) is 16.3 Å². The molecular weight excluding hydrogens is 184 g/mol. The molecule has 0 N–H and O–H groups in total. The Kier molecular flexibility index (Phi) is 3.61. The molecule has 1 aromatic carbocycles. The van der Waals surface area contributed by atoms with E-state index in [4.69, 9.17) is 16.3 Å². The molecule has 0 atom stereocenters. The van der Waals surface area contributed by atoms with Crippen LogP contribution in [-0.2, 0) is 0 Å². The number of benzene rings is 1. The van der Waals surface area contributed by atoms with Crippen LogP contribution in [-0.4, -0.2) is 6.61 Å². The number of hydrogen-bond donors (Lipinski definition) is 0. The second kappa shape index (κ2) is 4.52. The zero-order chi connectivity index (χ0) is 9.84. The molecule has 0 aliphatic rings. The molecule has 0 aliphatic heterocycles. The minimum absolute atomic E-state index is 0.438. The van der Waals surface area contributed by atoms with Crippen LogP contribution in [0.3, 0.4) is 0 Å². The van der Waals surface area contributed by atoms with E-state index in [1.54, 1.807) is 0 Å². The fourth-order valence-corrected chi connectivity index (χ4v) is 1.56.